The number of halogens is 1. The third kappa shape index (κ3) is 3.99. The first kappa shape index (κ1) is 17.7. The third-order valence-corrected chi connectivity index (χ3v) is 3.72. The lowest BCUT2D eigenvalue weighted by Crippen LogP contribution is -2.47. The number of amides is 2. The van der Waals surface area contributed by atoms with Crippen molar-refractivity contribution >= 4 is 18.0 Å². The summed E-state index contributed by atoms with van der Waals surface area (Å²) in [4.78, 5) is 37.3. The number of hydrogen-bond acceptors (Lipinski definition) is 6. The van der Waals surface area contributed by atoms with E-state index in [4.69, 9.17) is 9.47 Å². The van der Waals surface area contributed by atoms with Crippen LogP contribution in [-0.2, 0) is 23.8 Å². The summed E-state index contributed by atoms with van der Waals surface area (Å²) < 4.78 is 28.2. The lowest BCUT2D eigenvalue weighted by Gasteiger charge is -2.31. The Kier molecular flexibility index (Phi) is 4.93. The van der Waals surface area contributed by atoms with Gasteiger partial charge >= 0.3 is 12.1 Å². The average Bonchev–Trinajstić information content (AvgIpc) is 2.71. The molecule has 0 radical (unpaired) electrons. The molecule has 0 aromatic carbocycles. The Morgan fingerprint density at radius 2 is 1.83 bits per heavy atom. The molecule has 23 heavy (non-hydrogen) atoms. The van der Waals surface area contributed by atoms with Crippen LogP contribution in [0.25, 0.3) is 0 Å². The first-order valence-electron chi connectivity index (χ1n) is 7.55. The predicted octanol–water partition coefficient (Wildman–Crippen LogP) is 1.58. The number of carbonyl (C=O) groups is 3. The number of nitrogens with zero attached hydrogens (tertiary/aromatic N) is 1. The highest BCUT2D eigenvalue weighted by atomic mass is 18.2. The monoisotopic (exact) mass is 330 g/mol. The van der Waals surface area contributed by atoms with Crippen LogP contribution in [0.1, 0.15) is 40.0 Å². The van der Waals surface area contributed by atoms with E-state index in [1.165, 1.54) is 7.11 Å². The van der Waals surface area contributed by atoms with E-state index in [1.807, 2.05) is 0 Å². The molecule has 0 bridgehead atoms. The Morgan fingerprint density at radius 1 is 1.22 bits per heavy atom. The summed E-state index contributed by atoms with van der Waals surface area (Å²) in [6, 6.07) is -1.09. The van der Waals surface area contributed by atoms with Gasteiger partial charge in [-0.1, -0.05) is 0 Å². The van der Waals surface area contributed by atoms with Crippen LogP contribution in [0.2, 0.25) is 0 Å². The zero-order chi connectivity index (χ0) is 17.4. The van der Waals surface area contributed by atoms with Gasteiger partial charge in [0.1, 0.15) is 23.9 Å². The van der Waals surface area contributed by atoms with Crippen molar-refractivity contribution in [2.45, 2.75) is 70.1 Å². The quantitative estimate of drug-likeness (QED) is 0.731. The average molecular weight is 330 g/mol. The van der Waals surface area contributed by atoms with Crippen molar-refractivity contribution < 1.29 is 33.0 Å². The molecule has 0 aromatic heterocycles. The number of imide groups is 1. The number of likely N-dealkylation sites (tertiary alicyclic amines) is 1. The molecule has 2 atom stereocenters. The van der Waals surface area contributed by atoms with Crippen molar-refractivity contribution in [3.05, 3.63) is 0 Å². The van der Waals surface area contributed by atoms with E-state index in [2.05, 4.69) is 4.74 Å². The number of rotatable bonds is 3. The zero-order valence-electron chi connectivity index (χ0n) is 13.7. The van der Waals surface area contributed by atoms with E-state index in [9.17, 15) is 18.8 Å². The summed E-state index contributed by atoms with van der Waals surface area (Å²) in [6.45, 7) is 4.97. The van der Waals surface area contributed by atoms with Gasteiger partial charge in [0.25, 0.3) is 5.91 Å². The van der Waals surface area contributed by atoms with Crippen molar-refractivity contribution in [3.63, 3.8) is 0 Å². The van der Waals surface area contributed by atoms with Crippen molar-refractivity contribution in [1.82, 2.24) is 4.90 Å². The maximum absolute atomic E-state index is 12.9. The Labute approximate surface area is 134 Å². The topological polar surface area (TPSA) is 82.1 Å². The zero-order valence-corrected chi connectivity index (χ0v) is 13.7. The highest BCUT2D eigenvalue weighted by molar-refractivity contribution is 6.01. The molecule has 130 valence electrons. The summed E-state index contributed by atoms with van der Waals surface area (Å²) in [5.41, 5.74) is -0.813. The van der Waals surface area contributed by atoms with Crippen molar-refractivity contribution in [1.29, 1.82) is 0 Å². The summed E-state index contributed by atoms with van der Waals surface area (Å²) in [5, 5.41) is 0. The second-order valence-corrected chi connectivity index (χ2v) is 6.78. The van der Waals surface area contributed by atoms with Crippen LogP contribution >= 0.6 is 0 Å². The van der Waals surface area contributed by atoms with Crippen LogP contribution in [0.3, 0.4) is 0 Å². The normalized spacial score (nSPS) is 30.8. The van der Waals surface area contributed by atoms with E-state index in [-0.39, 0.29) is 25.4 Å². The standard InChI is InChI=1S/C15H22FNO6/c1-15(2,3)23-14(20)17-10(13(19)21-4)7-11(12(17)18)22-9-5-8(16)6-9/h8-11H,5-7H2,1-4H3/i16-1. The van der Waals surface area contributed by atoms with Gasteiger partial charge in [0, 0.05) is 19.3 Å². The van der Waals surface area contributed by atoms with Gasteiger partial charge in [0.2, 0.25) is 0 Å². The fraction of sp³-hybridized carbons (Fsp3) is 0.800. The molecule has 2 rings (SSSR count). The van der Waals surface area contributed by atoms with E-state index >= 15 is 0 Å². The van der Waals surface area contributed by atoms with Crippen LogP contribution in [0.5, 0.6) is 0 Å². The smallest absolute Gasteiger partial charge is 0.417 e. The van der Waals surface area contributed by atoms with E-state index < -0.39 is 41.9 Å². The molecule has 1 aliphatic carbocycles. The maximum atomic E-state index is 12.9. The van der Waals surface area contributed by atoms with Crippen molar-refractivity contribution in [2.24, 2.45) is 0 Å². The fourth-order valence-electron chi connectivity index (χ4n) is 2.54. The molecule has 1 saturated carbocycles. The highest BCUT2D eigenvalue weighted by Crippen LogP contribution is 2.32. The molecule has 7 nitrogen and oxygen atoms in total. The fourth-order valence-corrected chi connectivity index (χ4v) is 2.54. The first-order chi connectivity index (χ1) is 10.6. The molecule has 2 amide bonds. The van der Waals surface area contributed by atoms with Gasteiger partial charge in [0.15, 0.2) is 0 Å². The number of ether oxygens (including phenoxy) is 3. The Hall–Kier alpha value is -1.70. The minimum Gasteiger partial charge on any atom is -0.467 e. The summed E-state index contributed by atoms with van der Waals surface area (Å²) in [7, 11) is 1.17. The molecule has 1 aliphatic heterocycles. The van der Waals surface area contributed by atoms with Crippen molar-refractivity contribution in [3.8, 4) is 0 Å². The number of alkyl halides is 1. The minimum atomic E-state index is -1.09. The van der Waals surface area contributed by atoms with Crippen LogP contribution in [0.15, 0.2) is 0 Å². The van der Waals surface area contributed by atoms with Gasteiger partial charge in [0.05, 0.1) is 13.2 Å². The number of hydrogen-bond donors (Lipinski definition) is 0. The van der Waals surface area contributed by atoms with E-state index in [0.29, 0.717) is 0 Å². The van der Waals surface area contributed by atoms with Crippen LogP contribution < -0.4 is 0 Å². The predicted molar refractivity (Wildman–Crippen MR) is 76.3 cm³/mol. The van der Waals surface area contributed by atoms with E-state index in [1.54, 1.807) is 20.8 Å². The molecule has 2 unspecified atom stereocenters. The first-order valence-corrected chi connectivity index (χ1v) is 7.55. The second kappa shape index (κ2) is 6.43. The van der Waals surface area contributed by atoms with Gasteiger partial charge in [-0.25, -0.2) is 18.9 Å². The minimum absolute atomic E-state index is 0.0157. The Morgan fingerprint density at radius 3 is 2.30 bits per heavy atom. The van der Waals surface area contributed by atoms with Gasteiger partial charge in [-0.05, 0) is 20.8 Å². The van der Waals surface area contributed by atoms with Crippen molar-refractivity contribution in [2.75, 3.05) is 7.11 Å². The van der Waals surface area contributed by atoms with Crippen LogP contribution in [0, 0.1) is 0 Å². The number of carbonyl (C=O) groups excluding carboxylic acids is 3. The summed E-state index contributed by atoms with van der Waals surface area (Å²) in [5.74, 6) is -1.37. The van der Waals surface area contributed by atoms with Crippen LogP contribution in [0.4, 0.5) is 9.18 Å². The van der Waals surface area contributed by atoms with Gasteiger partial charge < -0.3 is 14.2 Å². The molecule has 0 aromatic rings. The molecule has 0 spiro atoms. The van der Waals surface area contributed by atoms with Crippen LogP contribution in [-0.4, -0.2) is 60.0 Å². The Bertz CT molecular complexity index is 497. The van der Waals surface area contributed by atoms with Gasteiger partial charge in [-0.2, -0.15) is 0 Å². The second-order valence-electron chi connectivity index (χ2n) is 6.78. The van der Waals surface area contributed by atoms with Gasteiger partial charge in [-0.15, -0.1) is 0 Å². The van der Waals surface area contributed by atoms with Gasteiger partial charge in [-0.3, -0.25) is 4.79 Å². The van der Waals surface area contributed by atoms with E-state index in [0.717, 1.165) is 4.90 Å². The molecule has 1 saturated heterocycles. The largest absolute Gasteiger partial charge is 0.467 e. The summed E-state index contributed by atoms with van der Waals surface area (Å²) in [6.07, 6.45) is -2.74. The molecule has 1 heterocycles. The Balaban J connectivity index is 2.10. The lowest BCUT2D eigenvalue weighted by atomic mass is 9.93. The molecule has 2 aliphatic rings. The molecule has 8 heteroatoms. The SMILES string of the molecule is COC(=O)C1CC(OC2CC([18F])C2)C(=O)N1C(=O)OC(C)(C)C. The third-order valence-electron chi connectivity index (χ3n) is 3.72. The number of methoxy groups -OCH3 is 1. The summed E-state index contributed by atoms with van der Waals surface area (Å²) >= 11 is 0. The molecule has 0 N–H and O–H groups in total. The molecule has 2 fully saturated rings. The maximum Gasteiger partial charge on any atom is 0.417 e. The molecular weight excluding hydrogens is 308 g/mol. The lowest BCUT2D eigenvalue weighted by molar-refractivity contribution is -0.150. The molecular formula is C15H22FNO6. The number of esters is 1. The highest BCUT2D eigenvalue weighted by Gasteiger charge is 2.50.